The number of anilines is 3. The fourth-order valence-electron chi connectivity index (χ4n) is 5.28. The normalized spacial score (nSPS) is 19.0. The summed E-state index contributed by atoms with van der Waals surface area (Å²) in [6.07, 6.45) is 5.71. The van der Waals surface area contributed by atoms with Gasteiger partial charge in [0.2, 0.25) is 6.41 Å². The van der Waals surface area contributed by atoms with Gasteiger partial charge in [-0.05, 0) is 78.6 Å². The van der Waals surface area contributed by atoms with Crippen LogP contribution in [-0.2, 0) is 9.53 Å². The standard InChI is InChI=1S/C29H31N5O4S/c1-36-18-4-6-25(31-16-35)24(12-18)23-14-22(23)17-3-5-21-26(11-17)33-34-28(21)32-29-27(37-2)13-20(15-30-29)39-19-7-9-38-10-8-19/h3-6,11-13,15-16,19,22-23H,7-10,14H2,1-2H3,(H,31,35)(H2,30,32,33,34). The molecule has 1 aliphatic heterocycles. The number of aromatic nitrogens is 3. The van der Waals surface area contributed by atoms with Gasteiger partial charge in [0.25, 0.3) is 0 Å². The molecule has 1 amide bonds. The summed E-state index contributed by atoms with van der Waals surface area (Å²) in [6, 6.07) is 14.2. The van der Waals surface area contributed by atoms with Crippen LogP contribution in [0.25, 0.3) is 10.9 Å². The third-order valence-electron chi connectivity index (χ3n) is 7.43. The van der Waals surface area contributed by atoms with E-state index in [-0.39, 0.29) is 0 Å². The van der Waals surface area contributed by atoms with Crippen molar-refractivity contribution >= 4 is 46.4 Å². The number of carbonyl (C=O) groups is 1. The van der Waals surface area contributed by atoms with Crippen LogP contribution < -0.4 is 20.1 Å². The number of nitrogens with one attached hydrogen (secondary N) is 3. The first kappa shape index (κ1) is 25.5. The van der Waals surface area contributed by atoms with E-state index in [1.54, 1.807) is 14.2 Å². The number of thioether (sulfide) groups is 1. The molecule has 3 heterocycles. The highest BCUT2D eigenvalue weighted by Gasteiger charge is 2.41. The molecule has 2 unspecified atom stereocenters. The Morgan fingerprint density at radius 2 is 1.92 bits per heavy atom. The Morgan fingerprint density at radius 1 is 1.05 bits per heavy atom. The quantitative estimate of drug-likeness (QED) is 0.214. The molecule has 2 aromatic heterocycles. The van der Waals surface area contributed by atoms with Gasteiger partial charge < -0.3 is 24.8 Å². The van der Waals surface area contributed by atoms with Crippen molar-refractivity contribution in [3.05, 3.63) is 59.8 Å². The number of ether oxygens (including phenoxy) is 3. The lowest BCUT2D eigenvalue weighted by molar-refractivity contribution is -0.105. The van der Waals surface area contributed by atoms with Gasteiger partial charge in [-0.2, -0.15) is 5.10 Å². The molecule has 6 rings (SSSR count). The molecule has 4 aromatic rings. The third kappa shape index (κ3) is 5.39. The van der Waals surface area contributed by atoms with Gasteiger partial charge >= 0.3 is 0 Å². The number of fused-ring (bicyclic) bond motifs is 1. The Labute approximate surface area is 231 Å². The van der Waals surface area contributed by atoms with Crippen LogP contribution in [0.1, 0.15) is 42.2 Å². The fraction of sp³-hybridized carbons (Fsp3) is 0.345. The van der Waals surface area contributed by atoms with E-state index < -0.39 is 0 Å². The molecule has 2 fully saturated rings. The van der Waals surface area contributed by atoms with Crippen molar-refractivity contribution in [3.8, 4) is 11.5 Å². The second-order valence-corrected chi connectivity index (χ2v) is 11.2. The molecule has 10 heteroatoms. The van der Waals surface area contributed by atoms with Crippen molar-refractivity contribution in [2.75, 3.05) is 38.1 Å². The van der Waals surface area contributed by atoms with Gasteiger partial charge in [-0.25, -0.2) is 4.98 Å². The van der Waals surface area contributed by atoms with E-state index in [4.69, 9.17) is 14.2 Å². The lowest BCUT2D eigenvalue weighted by atomic mass is 10.0. The van der Waals surface area contributed by atoms with E-state index in [0.717, 1.165) is 71.7 Å². The van der Waals surface area contributed by atoms with Gasteiger partial charge in [-0.15, -0.1) is 11.8 Å². The predicted octanol–water partition coefficient (Wildman–Crippen LogP) is 5.83. The number of carbonyl (C=O) groups excluding carboxylic acids is 1. The molecule has 3 N–H and O–H groups in total. The van der Waals surface area contributed by atoms with Gasteiger partial charge in [0, 0.05) is 40.6 Å². The van der Waals surface area contributed by atoms with Crippen LogP contribution in [0.4, 0.5) is 17.3 Å². The zero-order valence-electron chi connectivity index (χ0n) is 21.9. The molecule has 39 heavy (non-hydrogen) atoms. The number of hydrogen-bond donors (Lipinski definition) is 3. The average Bonchev–Trinajstić information content (AvgIpc) is 3.68. The summed E-state index contributed by atoms with van der Waals surface area (Å²) in [4.78, 5) is 16.9. The van der Waals surface area contributed by atoms with Crippen molar-refractivity contribution in [2.45, 2.75) is 41.2 Å². The molecule has 2 aromatic carbocycles. The minimum absolute atomic E-state index is 0.312. The first-order chi connectivity index (χ1) is 19.2. The van der Waals surface area contributed by atoms with Crippen molar-refractivity contribution in [3.63, 3.8) is 0 Å². The predicted molar refractivity (Wildman–Crippen MR) is 153 cm³/mol. The number of benzene rings is 2. The molecule has 2 atom stereocenters. The van der Waals surface area contributed by atoms with E-state index in [0.29, 0.717) is 34.5 Å². The highest BCUT2D eigenvalue weighted by atomic mass is 32.2. The number of amides is 1. The zero-order valence-corrected chi connectivity index (χ0v) is 22.7. The summed E-state index contributed by atoms with van der Waals surface area (Å²) in [7, 11) is 3.31. The molecule has 0 radical (unpaired) electrons. The minimum atomic E-state index is 0.312. The van der Waals surface area contributed by atoms with Crippen LogP contribution in [-0.4, -0.2) is 54.3 Å². The second-order valence-electron chi connectivity index (χ2n) is 9.82. The highest BCUT2D eigenvalue weighted by molar-refractivity contribution is 8.00. The summed E-state index contributed by atoms with van der Waals surface area (Å²) in [5.74, 6) is 3.46. The number of rotatable bonds is 10. The van der Waals surface area contributed by atoms with Crippen LogP contribution in [0.3, 0.4) is 0 Å². The average molecular weight is 546 g/mol. The van der Waals surface area contributed by atoms with E-state index in [1.165, 1.54) is 5.56 Å². The molecule has 1 saturated carbocycles. The fourth-order valence-corrected chi connectivity index (χ4v) is 6.38. The van der Waals surface area contributed by atoms with Crippen molar-refractivity contribution in [1.82, 2.24) is 15.2 Å². The molecule has 202 valence electrons. The summed E-state index contributed by atoms with van der Waals surface area (Å²) >= 11 is 1.83. The van der Waals surface area contributed by atoms with Crippen LogP contribution in [0.15, 0.2) is 53.6 Å². The monoisotopic (exact) mass is 545 g/mol. The highest BCUT2D eigenvalue weighted by Crippen LogP contribution is 2.57. The Balaban J connectivity index is 1.19. The van der Waals surface area contributed by atoms with Gasteiger partial charge in [0.1, 0.15) is 5.75 Å². The molecule has 0 bridgehead atoms. The minimum Gasteiger partial charge on any atom is -0.497 e. The molecule has 1 saturated heterocycles. The summed E-state index contributed by atoms with van der Waals surface area (Å²) in [5.41, 5.74) is 4.09. The van der Waals surface area contributed by atoms with Gasteiger partial charge in [-0.1, -0.05) is 6.07 Å². The molecular weight excluding hydrogens is 514 g/mol. The Kier molecular flexibility index (Phi) is 7.30. The Hall–Kier alpha value is -3.76. The van der Waals surface area contributed by atoms with E-state index in [1.807, 2.05) is 42.2 Å². The lowest BCUT2D eigenvalue weighted by Gasteiger charge is -2.21. The Bertz CT molecular complexity index is 1490. The molecular formula is C29H31N5O4S. The van der Waals surface area contributed by atoms with E-state index in [2.05, 4.69) is 44.0 Å². The first-order valence-electron chi connectivity index (χ1n) is 13.1. The number of pyridine rings is 1. The van der Waals surface area contributed by atoms with Gasteiger partial charge in [0.15, 0.2) is 17.4 Å². The van der Waals surface area contributed by atoms with Crippen LogP contribution in [0.2, 0.25) is 0 Å². The number of methoxy groups -OCH3 is 2. The number of hydrogen-bond acceptors (Lipinski definition) is 8. The molecule has 0 spiro atoms. The molecule has 1 aliphatic carbocycles. The second kappa shape index (κ2) is 11.2. The SMILES string of the molecule is COc1ccc(NC=O)c(C2CC2c2ccc3c(Nc4ncc(SC5CCOCC5)cc4OC)n[nH]c3c2)c1. The van der Waals surface area contributed by atoms with E-state index in [9.17, 15) is 4.79 Å². The zero-order chi connectivity index (χ0) is 26.8. The molecule has 9 nitrogen and oxygen atoms in total. The maximum absolute atomic E-state index is 11.1. The number of H-pyrrole nitrogens is 1. The van der Waals surface area contributed by atoms with Crippen LogP contribution in [0.5, 0.6) is 11.5 Å². The Morgan fingerprint density at radius 3 is 2.72 bits per heavy atom. The topological polar surface area (TPSA) is 110 Å². The summed E-state index contributed by atoms with van der Waals surface area (Å²) < 4.78 is 16.5. The first-order valence-corrected chi connectivity index (χ1v) is 14.0. The lowest BCUT2D eigenvalue weighted by Crippen LogP contribution is -2.17. The largest absolute Gasteiger partial charge is 0.497 e. The summed E-state index contributed by atoms with van der Waals surface area (Å²) in [6.45, 7) is 1.63. The van der Waals surface area contributed by atoms with Crippen LogP contribution in [0, 0.1) is 0 Å². The van der Waals surface area contributed by atoms with E-state index >= 15 is 0 Å². The van der Waals surface area contributed by atoms with Crippen LogP contribution >= 0.6 is 11.8 Å². The number of aromatic amines is 1. The third-order valence-corrected chi connectivity index (χ3v) is 8.73. The van der Waals surface area contributed by atoms with Crippen molar-refractivity contribution in [1.29, 1.82) is 0 Å². The maximum Gasteiger partial charge on any atom is 0.211 e. The summed E-state index contributed by atoms with van der Waals surface area (Å²) in [5, 5.41) is 15.4. The number of nitrogens with zero attached hydrogens (tertiary/aromatic N) is 2. The smallest absolute Gasteiger partial charge is 0.211 e. The maximum atomic E-state index is 11.1. The van der Waals surface area contributed by atoms with Gasteiger partial charge in [0.05, 0.1) is 19.7 Å². The molecule has 2 aliphatic rings. The van der Waals surface area contributed by atoms with Crippen molar-refractivity contribution < 1.29 is 19.0 Å². The van der Waals surface area contributed by atoms with Crippen molar-refractivity contribution in [2.24, 2.45) is 0 Å². The van der Waals surface area contributed by atoms with Gasteiger partial charge in [-0.3, -0.25) is 9.89 Å².